The van der Waals surface area contributed by atoms with Crippen molar-refractivity contribution in [3.63, 3.8) is 0 Å². The molecule has 0 heterocycles. The van der Waals surface area contributed by atoms with Gasteiger partial charge in [0.2, 0.25) is 21.8 Å². The van der Waals surface area contributed by atoms with Gasteiger partial charge in [-0.2, -0.15) is 0 Å². The molecule has 2 rings (SSSR count). The Kier molecular flexibility index (Phi) is 10.9. The summed E-state index contributed by atoms with van der Waals surface area (Å²) in [6, 6.07) is 10.9. The summed E-state index contributed by atoms with van der Waals surface area (Å²) in [5.74, 6) is -0.191. The number of nitrogens with zero attached hydrogens (tertiary/aromatic N) is 2. The fraction of sp³-hybridized carbons (Fsp3) is 0.440. The van der Waals surface area contributed by atoms with Gasteiger partial charge in [-0.05, 0) is 57.0 Å². The van der Waals surface area contributed by atoms with Gasteiger partial charge in [0.15, 0.2) is 0 Å². The third kappa shape index (κ3) is 8.28. The number of nitrogens with one attached hydrogen (secondary N) is 1. The summed E-state index contributed by atoms with van der Waals surface area (Å²) in [7, 11) is -2.17. The lowest BCUT2D eigenvalue weighted by molar-refractivity contribution is -0.140. The van der Waals surface area contributed by atoms with Crippen LogP contribution in [0.5, 0.6) is 5.75 Å². The lowest BCUT2D eigenvalue weighted by Crippen LogP contribution is -2.49. The highest BCUT2D eigenvalue weighted by atomic mass is 35.5. The minimum Gasteiger partial charge on any atom is -0.495 e. The van der Waals surface area contributed by atoms with Crippen molar-refractivity contribution in [2.75, 3.05) is 24.2 Å². The summed E-state index contributed by atoms with van der Waals surface area (Å²) in [6.07, 6.45) is 1.35. The van der Waals surface area contributed by atoms with Crippen molar-refractivity contribution in [3.05, 3.63) is 58.1 Å². The van der Waals surface area contributed by atoms with E-state index in [2.05, 4.69) is 5.32 Å². The average molecular weight is 559 g/mol. The van der Waals surface area contributed by atoms with E-state index in [4.69, 9.17) is 27.9 Å². The molecule has 36 heavy (non-hydrogen) atoms. The Morgan fingerprint density at radius 2 is 1.75 bits per heavy atom. The number of amides is 2. The molecule has 0 aliphatic rings. The SMILES string of the molecule is COc1ccccc1N(CCCC(=O)N(Cc1ccc(Cl)cc1Cl)C(C)C(=O)NC(C)C)S(C)(=O)=O. The molecule has 0 aliphatic heterocycles. The molecular weight excluding hydrogens is 525 g/mol. The zero-order valence-electron chi connectivity index (χ0n) is 21.1. The van der Waals surface area contributed by atoms with Gasteiger partial charge in [0.25, 0.3) is 0 Å². The van der Waals surface area contributed by atoms with Gasteiger partial charge in [-0.1, -0.05) is 41.4 Å². The number of para-hydroxylation sites is 2. The molecule has 0 radical (unpaired) electrons. The van der Waals surface area contributed by atoms with Gasteiger partial charge in [0.05, 0.1) is 19.1 Å². The highest BCUT2D eigenvalue weighted by Crippen LogP contribution is 2.30. The molecule has 8 nitrogen and oxygen atoms in total. The van der Waals surface area contributed by atoms with Crippen molar-refractivity contribution in [2.24, 2.45) is 0 Å². The van der Waals surface area contributed by atoms with Crippen LogP contribution in [0, 0.1) is 0 Å². The summed E-state index contributed by atoms with van der Waals surface area (Å²) in [4.78, 5) is 27.5. The number of rotatable bonds is 12. The highest BCUT2D eigenvalue weighted by Gasteiger charge is 2.28. The summed E-state index contributed by atoms with van der Waals surface area (Å²) < 4.78 is 31.6. The van der Waals surface area contributed by atoms with Crippen molar-refractivity contribution < 1.29 is 22.7 Å². The molecule has 2 aromatic carbocycles. The molecule has 198 valence electrons. The zero-order chi connectivity index (χ0) is 27.0. The van der Waals surface area contributed by atoms with E-state index in [0.29, 0.717) is 27.0 Å². The largest absolute Gasteiger partial charge is 0.495 e. The third-order valence-corrected chi connectivity index (χ3v) is 7.23. The van der Waals surface area contributed by atoms with Gasteiger partial charge in [0.1, 0.15) is 11.8 Å². The molecule has 0 bridgehead atoms. The normalized spacial score (nSPS) is 12.2. The van der Waals surface area contributed by atoms with Gasteiger partial charge in [-0.25, -0.2) is 8.42 Å². The predicted octanol–water partition coefficient (Wildman–Crippen LogP) is 4.49. The van der Waals surface area contributed by atoms with Gasteiger partial charge in [0, 0.05) is 35.6 Å². The fourth-order valence-corrected chi connectivity index (χ4v) is 5.08. The first-order valence-electron chi connectivity index (χ1n) is 11.5. The lowest BCUT2D eigenvalue weighted by atomic mass is 10.1. The molecule has 0 saturated heterocycles. The van der Waals surface area contributed by atoms with E-state index in [1.165, 1.54) is 16.3 Å². The summed E-state index contributed by atoms with van der Waals surface area (Å²) >= 11 is 12.3. The number of carbonyl (C=O) groups is 2. The van der Waals surface area contributed by atoms with Gasteiger partial charge < -0.3 is 15.0 Å². The minimum atomic E-state index is -3.64. The van der Waals surface area contributed by atoms with Gasteiger partial charge >= 0.3 is 0 Å². The Morgan fingerprint density at radius 3 is 2.33 bits per heavy atom. The first-order valence-corrected chi connectivity index (χ1v) is 14.1. The van der Waals surface area contributed by atoms with Crippen LogP contribution in [0.4, 0.5) is 5.69 Å². The average Bonchev–Trinajstić information content (AvgIpc) is 2.79. The Hall–Kier alpha value is -2.49. The van der Waals surface area contributed by atoms with Crippen molar-refractivity contribution >= 4 is 50.7 Å². The van der Waals surface area contributed by atoms with E-state index in [1.54, 1.807) is 49.4 Å². The molecule has 0 saturated carbocycles. The third-order valence-electron chi connectivity index (χ3n) is 5.46. The minimum absolute atomic E-state index is 0.0195. The number of hydrogen-bond donors (Lipinski definition) is 1. The summed E-state index contributed by atoms with van der Waals surface area (Å²) in [5, 5.41) is 3.68. The summed E-state index contributed by atoms with van der Waals surface area (Å²) in [6.45, 7) is 5.49. The standard InChI is InChI=1S/C25H33Cl2N3O5S/c1-17(2)28-25(32)18(3)29(16-19-12-13-20(26)15-21(19)27)24(31)11-8-14-30(36(5,33)34)22-9-6-7-10-23(22)35-4/h6-7,9-10,12-13,15,17-18H,8,11,14,16H2,1-5H3,(H,28,32). The van der Waals surface area contributed by atoms with Gasteiger partial charge in [-0.15, -0.1) is 0 Å². The molecule has 11 heteroatoms. The van der Waals surface area contributed by atoms with Crippen LogP contribution in [0.25, 0.3) is 0 Å². The number of ether oxygens (including phenoxy) is 1. The Balaban J connectivity index is 2.23. The van der Waals surface area contributed by atoms with Crippen LogP contribution in [0.15, 0.2) is 42.5 Å². The van der Waals surface area contributed by atoms with E-state index in [0.717, 1.165) is 6.26 Å². The fourth-order valence-electron chi connectivity index (χ4n) is 3.64. The van der Waals surface area contributed by atoms with Crippen LogP contribution < -0.4 is 14.4 Å². The Morgan fingerprint density at radius 1 is 1.08 bits per heavy atom. The van der Waals surface area contributed by atoms with E-state index < -0.39 is 16.1 Å². The molecule has 2 amide bonds. The van der Waals surface area contributed by atoms with Crippen LogP contribution in [0.1, 0.15) is 39.2 Å². The molecule has 0 aliphatic carbocycles. The van der Waals surface area contributed by atoms with Crippen molar-refractivity contribution in [1.82, 2.24) is 10.2 Å². The smallest absolute Gasteiger partial charge is 0.242 e. The highest BCUT2D eigenvalue weighted by molar-refractivity contribution is 7.92. The van der Waals surface area contributed by atoms with Gasteiger partial charge in [-0.3, -0.25) is 13.9 Å². The number of sulfonamides is 1. The second-order valence-corrected chi connectivity index (χ2v) is 11.5. The molecule has 1 unspecified atom stereocenters. The maximum Gasteiger partial charge on any atom is 0.242 e. The number of carbonyl (C=O) groups excluding carboxylic acids is 2. The predicted molar refractivity (Wildman–Crippen MR) is 144 cm³/mol. The van der Waals surface area contributed by atoms with Crippen LogP contribution in [0.2, 0.25) is 10.0 Å². The van der Waals surface area contributed by atoms with Crippen LogP contribution in [-0.2, 0) is 26.2 Å². The molecule has 1 N–H and O–H groups in total. The van der Waals surface area contributed by atoms with E-state index in [1.807, 2.05) is 13.8 Å². The number of anilines is 1. The van der Waals surface area contributed by atoms with E-state index in [9.17, 15) is 18.0 Å². The maximum atomic E-state index is 13.3. The van der Waals surface area contributed by atoms with Crippen molar-refractivity contribution in [1.29, 1.82) is 0 Å². The van der Waals surface area contributed by atoms with Crippen LogP contribution >= 0.6 is 23.2 Å². The maximum absolute atomic E-state index is 13.3. The lowest BCUT2D eigenvalue weighted by Gasteiger charge is -2.30. The Labute approximate surface area is 223 Å². The molecule has 0 fully saturated rings. The van der Waals surface area contributed by atoms with Crippen molar-refractivity contribution in [2.45, 2.75) is 52.2 Å². The monoisotopic (exact) mass is 557 g/mol. The Bertz CT molecular complexity index is 1170. The molecule has 2 aromatic rings. The molecule has 0 spiro atoms. The quantitative estimate of drug-likeness (QED) is 0.414. The number of benzene rings is 2. The number of methoxy groups -OCH3 is 1. The zero-order valence-corrected chi connectivity index (χ0v) is 23.5. The number of halogens is 2. The second kappa shape index (κ2) is 13.2. The summed E-state index contributed by atoms with van der Waals surface area (Å²) in [5.41, 5.74) is 1.04. The van der Waals surface area contributed by atoms with Crippen LogP contribution in [-0.4, -0.2) is 57.1 Å². The number of hydrogen-bond acceptors (Lipinski definition) is 5. The second-order valence-electron chi connectivity index (χ2n) is 8.71. The molecule has 1 atom stereocenters. The van der Waals surface area contributed by atoms with Crippen LogP contribution in [0.3, 0.4) is 0 Å². The molecular formula is C25H33Cl2N3O5S. The first kappa shape index (κ1) is 29.7. The van der Waals surface area contributed by atoms with E-state index >= 15 is 0 Å². The molecule has 0 aromatic heterocycles. The first-order chi connectivity index (χ1) is 16.8. The topological polar surface area (TPSA) is 96.0 Å². The van der Waals surface area contributed by atoms with E-state index in [-0.39, 0.29) is 43.8 Å². The van der Waals surface area contributed by atoms with Crippen molar-refractivity contribution in [3.8, 4) is 5.75 Å².